The average Bonchev–Trinajstić information content (AvgIpc) is 2.81. The molecule has 30 heavy (non-hydrogen) atoms. The van der Waals surface area contributed by atoms with E-state index in [2.05, 4.69) is 17.5 Å². The number of carbonyl (C=O) groups is 1. The lowest BCUT2D eigenvalue weighted by Crippen LogP contribution is -2.20. The van der Waals surface area contributed by atoms with E-state index in [1.54, 1.807) is 24.3 Å². The SMILES string of the molecule is CCCCCC(=NNC(=O)c1ccc(OCc2ccccc2)cc1)c1ccccc1. The monoisotopic (exact) mass is 400 g/mol. The molecule has 0 aliphatic rings. The number of benzene rings is 3. The van der Waals surface area contributed by atoms with Gasteiger partial charge < -0.3 is 4.74 Å². The van der Waals surface area contributed by atoms with Gasteiger partial charge in [-0.1, -0.05) is 80.4 Å². The van der Waals surface area contributed by atoms with Crippen LogP contribution in [0.1, 0.15) is 54.1 Å². The first kappa shape index (κ1) is 21.3. The molecular weight excluding hydrogens is 372 g/mol. The highest BCUT2D eigenvalue weighted by atomic mass is 16.5. The van der Waals surface area contributed by atoms with E-state index in [1.165, 1.54) is 0 Å². The standard InChI is InChI=1S/C26H28N2O2/c1-2-3-6-15-25(22-13-9-5-10-14-22)27-28-26(29)23-16-18-24(19-17-23)30-20-21-11-7-4-8-12-21/h4-5,7-14,16-19H,2-3,6,15,20H2,1H3,(H,28,29). The summed E-state index contributed by atoms with van der Waals surface area (Å²) in [5.74, 6) is 0.497. The maximum atomic E-state index is 12.5. The predicted octanol–water partition coefficient (Wildman–Crippen LogP) is 5.98. The number of hydrogen-bond acceptors (Lipinski definition) is 3. The maximum absolute atomic E-state index is 12.5. The van der Waals surface area contributed by atoms with Crippen molar-refractivity contribution in [2.24, 2.45) is 5.10 Å². The van der Waals surface area contributed by atoms with Gasteiger partial charge in [0, 0.05) is 5.56 Å². The van der Waals surface area contributed by atoms with Crippen molar-refractivity contribution in [2.45, 2.75) is 39.2 Å². The van der Waals surface area contributed by atoms with Crippen LogP contribution in [-0.4, -0.2) is 11.6 Å². The molecule has 0 aliphatic heterocycles. The zero-order chi connectivity index (χ0) is 21.0. The van der Waals surface area contributed by atoms with Crippen molar-refractivity contribution >= 4 is 11.6 Å². The second-order valence-electron chi connectivity index (χ2n) is 7.12. The van der Waals surface area contributed by atoms with Gasteiger partial charge in [-0.2, -0.15) is 5.10 Å². The molecule has 0 spiro atoms. The Bertz CT molecular complexity index is 936. The minimum atomic E-state index is -0.228. The highest BCUT2D eigenvalue weighted by Gasteiger charge is 2.08. The van der Waals surface area contributed by atoms with Gasteiger partial charge in [0.15, 0.2) is 0 Å². The molecular formula is C26H28N2O2. The van der Waals surface area contributed by atoms with Crippen molar-refractivity contribution in [1.29, 1.82) is 0 Å². The van der Waals surface area contributed by atoms with Gasteiger partial charge in [-0.15, -0.1) is 0 Å². The number of nitrogens with one attached hydrogen (secondary N) is 1. The molecule has 0 saturated heterocycles. The van der Waals surface area contributed by atoms with E-state index >= 15 is 0 Å². The van der Waals surface area contributed by atoms with Gasteiger partial charge in [0.1, 0.15) is 12.4 Å². The Hall–Kier alpha value is -3.40. The smallest absolute Gasteiger partial charge is 0.271 e. The van der Waals surface area contributed by atoms with Crippen LogP contribution < -0.4 is 10.2 Å². The third kappa shape index (κ3) is 6.59. The van der Waals surface area contributed by atoms with E-state index < -0.39 is 0 Å². The van der Waals surface area contributed by atoms with Crippen LogP contribution in [0.15, 0.2) is 90.0 Å². The molecule has 3 aromatic rings. The zero-order valence-corrected chi connectivity index (χ0v) is 17.4. The molecule has 3 aromatic carbocycles. The van der Waals surface area contributed by atoms with Crippen molar-refractivity contribution in [3.05, 3.63) is 102 Å². The predicted molar refractivity (Wildman–Crippen MR) is 122 cm³/mol. The van der Waals surface area contributed by atoms with Crippen LogP contribution in [0, 0.1) is 0 Å². The molecule has 0 atom stereocenters. The molecule has 0 unspecified atom stereocenters. The molecule has 1 N–H and O–H groups in total. The van der Waals surface area contributed by atoms with Crippen molar-refractivity contribution in [1.82, 2.24) is 5.43 Å². The summed E-state index contributed by atoms with van der Waals surface area (Å²) in [6.45, 7) is 2.67. The number of nitrogens with zero attached hydrogens (tertiary/aromatic N) is 1. The van der Waals surface area contributed by atoms with Gasteiger partial charge in [0.2, 0.25) is 0 Å². The van der Waals surface area contributed by atoms with Gasteiger partial charge in [-0.05, 0) is 48.2 Å². The number of unbranched alkanes of at least 4 members (excludes halogenated alkanes) is 2. The number of ether oxygens (including phenoxy) is 1. The van der Waals surface area contributed by atoms with Gasteiger partial charge in [-0.25, -0.2) is 5.43 Å². The highest BCUT2D eigenvalue weighted by Crippen LogP contribution is 2.15. The topological polar surface area (TPSA) is 50.7 Å². The highest BCUT2D eigenvalue weighted by molar-refractivity contribution is 6.02. The van der Waals surface area contributed by atoms with Crippen LogP contribution in [-0.2, 0) is 6.61 Å². The summed E-state index contributed by atoms with van der Waals surface area (Å²) in [4.78, 5) is 12.5. The van der Waals surface area contributed by atoms with Gasteiger partial charge >= 0.3 is 0 Å². The van der Waals surface area contributed by atoms with Crippen molar-refractivity contribution in [3.8, 4) is 5.75 Å². The Kier molecular flexibility index (Phi) is 8.22. The van der Waals surface area contributed by atoms with E-state index in [0.717, 1.165) is 48.3 Å². The summed E-state index contributed by atoms with van der Waals surface area (Å²) in [6.07, 6.45) is 4.18. The molecule has 4 nitrogen and oxygen atoms in total. The van der Waals surface area contributed by atoms with E-state index in [1.807, 2.05) is 60.7 Å². The van der Waals surface area contributed by atoms with Gasteiger partial charge in [0.05, 0.1) is 5.71 Å². The van der Waals surface area contributed by atoms with Crippen LogP contribution in [0.3, 0.4) is 0 Å². The van der Waals surface area contributed by atoms with Crippen LogP contribution in [0.2, 0.25) is 0 Å². The molecule has 0 bridgehead atoms. The first-order valence-corrected chi connectivity index (χ1v) is 10.5. The maximum Gasteiger partial charge on any atom is 0.271 e. The fraction of sp³-hybridized carbons (Fsp3) is 0.231. The average molecular weight is 401 g/mol. The van der Waals surface area contributed by atoms with E-state index in [4.69, 9.17) is 4.74 Å². The molecule has 0 heterocycles. The van der Waals surface area contributed by atoms with Crippen LogP contribution >= 0.6 is 0 Å². The fourth-order valence-electron chi connectivity index (χ4n) is 3.06. The molecule has 0 aliphatic carbocycles. The molecule has 4 heteroatoms. The summed E-state index contributed by atoms with van der Waals surface area (Å²) in [6, 6.07) is 27.1. The molecule has 154 valence electrons. The van der Waals surface area contributed by atoms with Gasteiger partial charge in [-0.3, -0.25) is 4.79 Å². The minimum Gasteiger partial charge on any atom is -0.489 e. The number of hydrazone groups is 1. The Labute approximate surface area is 178 Å². The number of amides is 1. The molecule has 0 saturated carbocycles. The summed E-state index contributed by atoms with van der Waals surface area (Å²) >= 11 is 0. The third-order valence-electron chi connectivity index (χ3n) is 4.78. The van der Waals surface area contributed by atoms with Crippen molar-refractivity contribution < 1.29 is 9.53 Å². The Morgan fingerprint density at radius 2 is 1.50 bits per heavy atom. The summed E-state index contributed by atoms with van der Waals surface area (Å²) in [7, 11) is 0. The second-order valence-corrected chi connectivity index (χ2v) is 7.12. The number of carbonyl (C=O) groups excluding carboxylic acids is 1. The Morgan fingerprint density at radius 3 is 2.17 bits per heavy atom. The van der Waals surface area contributed by atoms with Gasteiger partial charge in [0.25, 0.3) is 5.91 Å². The Morgan fingerprint density at radius 1 is 0.833 bits per heavy atom. The van der Waals surface area contributed by atoms with E-state index in [9.17, 15) is 4.79 Å². The minimum absolute atomic E-state index is 0.228. The fourth-order valence-corrected chi connectivity index (χ4v) is 3.06. The molecule has 0 aromatic heterocycles. The summed E-state index contributed by atoms with van der Waals surface area (Å²) in [5.41, 5.74) is 6.30. The van der Waals surface area contributed by atoms with Crippen LogP contribution in [0.4, 0.5) is 0 Å². The van der Waals surface area contributed by atoms with Crippen LogP contribution in [0.25, 0.3) is 0 Å². The first-order chi connectivity index (χ1) is 14.8. The quantitative estimate of drug-likeness (QED) is 0.258. The van der Waals surface area contributed by atoms with Crippen molar-refractivity contribution in [3.63, 3.8) is 0 Å². The van der Waals surface area contributed by atoms with Crippen LogP contribution in [0.5, 0.6) is 5.75 Å². The Balaban J connectivity index is 1.60. The lowest BCUT2D eigenvalue weighted by molar-refractivity contribution is 0.0954. The van der Waals surface area contributed by atoms with E-state index in [0.29, 0.717) is 12.2 Å². The largest absolute Gasteiger partial charge is 0.489 e. The normalized spacial score (nSPS) is 11.2. The second kappa shape index (κ2) is 11.6. The van der Waals surface area contributed by atoms with Crippen molar-refractivity contribution in [2.75, 3.05) is 0 Å². The summed E-state index contributed by atoms with van der Waals surface area (Å²) < 4.78 is 5.78. The lowest BCUT2D eigenvalue weighted by atomic mass is 10.0. The molecule has 0 radical (unpaired) electrons. The van der Waals surface area contributed by atoms with E-state index in [-0.39, 0.29) is 5.91 Å². The molecule has 1 amide bonds. The number of rotatable bonds is 10. The molecule has 3 rings (SSSR count). The first-order valence-electron chi connectivity index (χ1n) is 10.5. The number of hydrogen-bond donors (Lipinski definition) is 1. The molecule has 0 fully saturated rings. The lowest BCUT2D eigenvalue weighted by Gasteiger charge is -2.09. The zero-order valence-electron chi connectivity index (χ0n) is 17.4. The summed E-state index contributed by atoms with van der Waals surface area (Å²) in [5, 5.41) is 4.43. The third-order valence-corrected chi connectivity index (χ3v) is 4.78.